The maximum absolute atomic E-state index is 12.9. The molecule has 0 aromatic heterocycles. The van der Waals surface area contributed by atoms with Crippen LogP contribution < -0.4 is 21.8 Å². The van der Waals surface area contributed by atoms with Crippen molar-refractivity contribution in [3.05, 3.63) is 132 Å². The molecule has 0 bridgehead atoms. The van der Waals surface area contributed by atoms with E-state index in [1.165, 1.54) is 10.4 Å². The molecule has 0 fully saturated rings. The molecule has 0 aliphatic rings. The maximum atomic E-state index is 12.9. The first-order valence-electron chi connectivity index (χ1n) is 12.8. The quantitative estimate of drug-likeness (QED) is 0.285. The van der Waals surface area contributed by atoms with Gasteiger partial charge < -0.3 is 11.5 Å². The third-order valence-corrected chi connectivity index (χ3v) is 12.6. The monoisotopic (exact) mass is 506 g/mol. The van der Waals surface area contributed by atoms with Crippen LogP contribution in [0.25, 0.3) is 0 Å². The summed E-state index contributed by atoms with van der Waals surface area (Å²) in [6.45, 7) is 0. The highest BCUT2D eigenvalue weighted by Crippen LogP contribution is 2.30. The van der Waals surface area contributed by atoms with Gasteiger partial charge in [-0.25, -0.2) is 0 Å². The molecular weight excluding hydrogens is 472 g/mol. The number of nitrogens with two attached hydrogens (primary N) is 2. The van der Waals surface area contributed by atoms with Crippen LogP contribution in [0.4, 0.5) is 0 Å². The molecule has 0 aliphatic carbocycles. The van der Waals surface area contributed by atoms with E-state index in [4.69, 9.17) is 11.5 Å². The van der Waals surface area contributed by atoms with Crippen molar-refractivity contribution in [1.29, 1.82) is 0 Å². The molecule has 4 nitrogen and oxygen atoms in total. The van der Waals surface area contributed by atoms with Gasteiger partial charge >= 0.3 is 0 Å². The lowest BCUT2D eigenvalue weighted by atomic mass is 10.0. The number of carbonyl (C=O) groups excluding carboxylic acids is 2. The van der Waals surface area contributed by atoms with Crippen molar-refractivity contribution in [1.82, 2.24) is 0 Å². The number of carbonyl (C=O) groups is 2. The van der Waals surface area contributed by atoms with Crippen LogP contribution in [-0.2, 0) is 22.4 Å². The molecule has 0 unspecified atom stereocenters. The van der Waals surface area contributed by atoms with E-state index < -0.39 is 8.07 Å². The third-order valence-electron chi connectivity index (χ3n) is 7.30. The van der Waals surface area contributed by atoms with Gasteiger partial charge in [-0.2, -0.15) is 0 Å². The number of hydrogen-bond acceptors (Lipinski definition) is 2. The van der Waals surface area contributed by atoms with Gasteiger partial charge in [-0.1, -0.05) is 132 Å². The second kappa shape index (κ2) is 12.3. The van der Waals surface area contributed by atoms with Gasteiger partial charge in [0.1, 0.15) is 8.07 Å². The van der Waals surface area contributed by atoms with E-state index >= 15 is 0 Å². The molecule has 4 aromatic carbocycles. The van der Waals surface area contributed by atoms with Crippen molar-refractivity contribution in [2.45, 2.75) is 24.9 Å². The summed E-state index contributed by atoms with van der Waals surface area (Å²) in [6.07, 6.45) is 1.12. The summed E-state index contributed by atoms with van der Waals surface area (Å²) in [5.74, 6) is -1.38. The number of rotatable bonds is 12. The summed E-state index contributed by atoms with van der Waals surface area (Å²) in [4.78, 5) is 25.8. The highest BCUT2D eigenvalue weighted by Gasteiger charge is 2.43. The highest BCUT2D eigenvalue weighted by atomic mass is 28.3. The Morgan fingerprint density at radius 3 is 1.11 bits per heavy atom. The normalized spacial score (nSPS) is 13.0. The molecule has 4 rings (SSSR count). The smallest absolute Gasteiger partial charge is 0.220 e. The standard InChI is InChI=1S/C32H34N2O2Si/c33-31(35)27(21-25-13-5-1-6-14-25)23-37(29-17-9-3-10-18-29,30-19-11-4-12-20-30)24-28(32(34)36)22-26-15-7-2-8-16-26/h1-20,27-28H,21-24H2,(H2,33,35)(H2,34,36)/t27-,28-/m1/s1. The van der Waals surface area contributed by atoms with Crippen molar-refractivity contribution in [3.63, 3.8) is 0 Å². The Morgan fingerprint density at radius 2 is 0.811 bits per heavy atom. The third kappa shape index (κ3) is 6.63. The summed E-state index contributed by atoms with van der Waals surface area (Å²) in [5, 5.41) is 2.36. The topological polar surface area (TPSA) is 86.2 Å². The van der Waals surface area contributed by atoms with Crippen molar-refractivity contribution in [2.75, 3.05) is 0 Å². The van der Waals surface area contributed by atoms with Gasteiger partial charge in [-0.15, -0.1) is 0 Å². The number of primary amides is 2. The lowest BCUT2D eigenvalue weighted by Gasteiger charge is -2.38. The van der Waals surface area contributed by atoms with E-state index in [0.29, 0.717) is 24.9 Å². The maximum Gasteiger partial charge on any atom is 0.220 e. The van der Waals surface area contributed by atoms with Gasteiger partial charge in [-0.05, 0) is 36.1 Å². The van der Waals surface area contributed by atoms with Gasteiger partial charge in [0.05, 0.1) is 0 Å². The first-order valence-corrected chi connectivity index (χ1v) is 15.2. The Morgan fingerprint density at radius 1 is 0.514 bits per heavy atom. The predicted octanol–water partition coefficient (Wildman–Crippen LogP) is 3.94. The molecule has 0 heterocycles. The van der Waals surface area contributed by atoms with E-state index in [1.54, 1.807) is 0 Å². The summed E-state index contributed by atoms with van der Waals surface area (Å²) >= 11 is 0. The van der Waals surface area contributed by atoms with E-state index in [1.807, 2.05) is 97.1 Å². The van der Waals surface area contributed by atoms with Gasteiger partial charge in [0.2, 0.25) is 11.8 Å². The largest absolute Gasteiger partial charge is 0.369 e. The molecule has 5 heteroatoms. The minimum absolute atomic E-state index is 0.314. The van der Waals surface area contributed by atoms with Crippen LogP contribution in [0.15, 0.2) is 121 Å². The lowest BCUT2D eigenvalue weighted by Crippen LogP contribution is -2.61. The summed E-state index contributed by atoms with van der Waals surface area (Å²) in [5.41, 5.74) is 14.3. The molecule has 4 N–H and O–H groups in total. The average molecular weight is 507 g/mol. The van der Waals surface area contributed by atoms with Crippen LogP contribution in [0.2, 0.25) is 12.1 Å². The molecule has 0 saturated heterocycles. The fourth-order valence-corrected chi connectivity index (χ4v) is 10.9. The second-order valence-corrected chi connectivity index (χ2v) is 13.9. The van der Waals surface area contributed by atoms with E-state index in [9.17, 15) is 9.59 Å². The average Bonchev–Trinajstić information content (AvgIpc) is 2.93. The predicted molar refractivity (Wildman–Crippen MR) is 153 cm³/mol. The Balaban J connectivity index is 1.82. The summed E-state index contributed by atoms with van der Waals surface area (Å²) in [7, 11) is -2.71. The van der Waals surface area contributed by atoms with E-state index in [2.05, 4.69) is 24.3 Å². The molecule has 0 aliphatic heterocycles. The van der Waals surface area contributed by atoms with Crippen LogP contribution >= 0.6 is 0 Å². The molecule has 4 aromatic rings. The fraction of sp³-hybridized carbons (Fsp3) is 0.188. The Hall–Kier alpha value is -3.96. The minimum atomic E-state index is -2.71. The van der Waals surface area contributed by atoms with Crippen molar-refractivity contribution in [3.8, 4) is 0 Å². The molecular formula is C32H34N2O2Si. The van der Waals surface area contributed by atoms with E-state index in [0.717, 1.165) is 11.1 Å². The highest BCUT2D eigenvalue weighted by molar-refractivity contribution is 7.02. The zero-order valence-electron chi connectivity index (χ0n) is 21.0. The Kier molecular flexibility index (Phi) is 8.70. The molecule has 0 spiro atoms. The zero-order valence-corrected chi connectivity index (χ0v) is 22.0. The number of benzene rings is 4. The SMILES string of the molecule is NC(=O)[C@H](Cc1ccccc1)C[Si](C[C@@H](Cc1ccccc1)C(N)=O)(c1ccccc1)c1ccccc1. The fourth-order valence-electron chi connectivity index (χ4n) is 5.42. The first kappa shape index (κ1) is 26.1. The van der Waals surface area contributed by atoms with Crippen LogP contribution in [0, 0.1) is 11.8 Å². The van der Waals surface area contributed by atoms with Gasteiger partial charge in [0.25, 0.3) is 0 Å². The number of amides is 2. The van der Waals surface area contributed by atoms with Gasteiger partial charge in [-0.3, -0.25) is 9.59 Å². The van der Waals surface area contributed by atoms with Crippen molar-refractivity contribution < 1.29 is 9.59 Å². The Labute approximate surface area is 220 Å². The molecule has 0 radical (unpaired) electrons. The van der Waals surface area contributed by atoms with Crippen LogP contribution in [0.5, 0.6) is 0 Å². The number of hydrogen-bond donors (Lipinski definition) is 2. The lowest BCUT2D eigenvalue weighted by molar-refractivity contribution is -0.121. The molecule has 2 atom stereocenters. The second-order valence-electron chi connectivity index (χ2n) is 9.80. The Bertz CT molecular complexity index is 1180. The molecule has 0 saturated carbocycles. The van der Waals surface area contributed by atoms with Crippen molar-refractivity contribution in [2.24, 2.45) is 23.3 Å². The van der Waals surface area contributed by atoms with Crippen LogP contribution in [0.1, 0.15) is 11.1 Å². The first-order chi connectivity index (χ1) is 18.0. The van der Waals surface area contributed by atoms with Gasteiger partial charge in [0.15, 0.2) is 0 Å². The summed E-state index contributed by atoms with van der Waals surface area (Å²) in [6, 6.07) is 41.9. The minimum Gasteiger partial charge on any atom is -0.369 e. The van der Waals surface area contributed by atoms with Crippen LogP contribution in [-0.4, -0.2) is 19.9 Å². The molecule has 2 amide bonds. The van der Waals surface area contributed by atoms with Crippen molar-refractivity contribution >= 4 is 30.3 Å². The summed E-state index contributed by atoms with van der Waals surface area (Å²) < 4.78 is 0. The van der Waals surface area contributed by atoms with Crippen LogP contribution in [0.3, 0.4) is 0 Å². The molecule has 188 valence electrons. The van der Waals surface area contributed by atoms with Gasteiger partial charge in [0, 0.05) is 11.8 Å². The zero-order chi connectivity index (χ0) is 26.1. The van der Waals surface area contributed by atoms with E-state index in [-0.39, 0.29) is 23.7 Å². The molecule has 37 heavy (non-hydrogen) atoms.